The van der Waals surface area contributed by atoms with E-state index >= 15 is 0 Å². The van der Waals surface area contributed by atoms with Gasteiger partial charge in [-0.2, -0.15) is 12.9 Å². The van der Waals surface area contributed by atoms with E-state index in [4.69, 9.17) is 28.7 Å². The maximum Gasteiger partial charge on any atom is 0.490 e. The zero-order valence-corrected chi connectivity index (χ0v) is 27.1. The van der Waals surface area contributed by atoms with Gasteiger partial charge in [0.05, 0.1) is 13.2 Å². The van der Waals surface area contributed by atoms with E-state index in [-0.39, 0.29) is 10.3 Å². The number of H-pyrrole nitrogens is 1. The van der Waals surface area contributed by atoms with Gasteiger partial charge < -0.3 is 53.6 Å². The quantitative estimate of drug-likeness (QED) is 0.0972. The number of phosphoric ester groups is 1. The largest absolute Gasteiger partial charge is 0.494 e. The van der Waals surface area contributed by atoms with Gasteiger partial charge in [-0.25, -0.2) is 27.6 Å². The van der Waals surface area contributed by atoms with Gasteiger partial charge in [-0.15, -0.1) is 0 Å². The summed E-state index contributed by atoms with van der Waals surface area (Å²) in [5.41, 5.74) is -3.69. The molecule has 0 bridgehead atoms. The average Bonchev–Trinajstić information content (AvgIpc) is 3.14. The second-order valence-electron chi connectivity index (χ2n) is 8.67. The lowest BCUT2D eigenvalue weighted by atomic mass is 10.1. The Morgan fingerprint density at radius 2 is 1.37 bits per heavy atom. The van der Waals surface area contributed by atoms with E-state index < -0.39 is 86.7 Å². The summed E-state index contributed by atoms with van der Waals surface area (Å²) in [7, 11) is -29.1. The van der Waals surface area contributed by atoms with Crippen molar-refractivity contribution in [3.8, 4) is 11.5 Å². The first-order valence-corrected chi connectivity index (χ1v) is 19.5. The number of nitrogens with one attached hydrogen (secondary N) is 1. The van der Waals surface area contributed by atoms with Crippen LogP contribution in [0.5, 0.6) is 11.5 Å². The number of benzene rings is 1. The summed E-state index contributed by atoms with van der Waals surface area (Å²) in [5.74, 6) is 0.136. The van der Waals surface area contributed by atoms with E-state index in [0.29, 0.717) is 18.4 Å². The third-order valence-electron chi connectivity index (χ3n) is 5.23. The van der Waals surface area contributed by atoms with Gasteiger partial charge >= 0.3 is 44.6 Å². The standard InChI is InChI=1S/C17H25N2O22P5/c1-2-35-9-3-5-10(6-4-9)38-42(24,25)13-7-12(20)18-17(23)19(13)16-15(22)14(21)11(37-16)8-36-44(29,30)40-46(33,34)41-45(31,32)39-43(26,27)28/h3-7,11,14-16,21-22H,2,8H2,1H3,(H,24,25)(H,29,30)(H,31,32)(H,33,34)(H,18,20,23)(H2,26,27,28)/t11-,14-,15-,16-/m1/s1. The first-order chi connectivity index (χ1) is 20.9. The molecule has 46 heavy (non-hydrogen) atoms. The number of aliphatic hydroxyl groups excluding tert-OH is 2. The van der Waals surface area contributed by atoms with Crippen LogP contribution in [0.25, 0.3) is 0 Å². The minimum Gasteiger partial charge on any atom is -0.494 e. The molecule has 2 aromatic rings. The van der Waals surface area contributed by atoms with Crippen LogP contribution in [-0.4, -0.2) is 80.7 Å². The fourth-order valence-electron chi connectivity index (χ4n) is 3.61. The molecule has 1 aromatic heterocycles. The fourth-order valence-corrected chi connectivity index (χ4v) is 9.32. The number of aliphatic hydroxyl groups is 2. The molecule has 1 aliphatic heterocycles. The summed E-state index contributed by atoms with van der Waals surface area (Å²) in [5, 5.41) is 21.0. The predicted molar refractivity (Wildman–Crippen MR) is 146 cm³/mol. The van der Waals surface area contributed by atoms with Gasteiger partial charge in [0.15, 0.2) is 11.7 Å². The van der Waals surface area contributed by atoms with E-state index in [0.717, 1.165) is 0 Å². The molecule has 1 aliphatic rings. The van der Waals surface area contributed by atoms with Crippen LogP contribution >= 0.6 is 38.9 Å². The molecular weight excluding hydrogens is 739 g/mol. The fraction of sp³-hybridized carbons (Fsp3) is 0.412. The number of nitrogens with zero attached hydrogens (tertiary/aromatic N) is 1. The highest BCUT2D eigenvalue weighted by atomic mass is 31.3. The van der Waals surface area contributed by atoms with Crippen LogP contribution in [0, 0.1) is 0 Å². The maximum absolute atomic E-state index is 13.2. The van der Waals surface area contributed by atoms with Crippen molar-refractivity contribution in [2.45, 2.75) is 31.5 Å². The molecule has 0 amide bonds. The SMILES string of the molecule is CCOc1ccc(OP(=O)(O)c2cc(=O)[nH]c(=O)n2[C@@H]2O[C@H](COP(=O)(O)OP(=O)(O)OP(=O)(O)OP(=O)(O)O)[C@@H](O)[C@H]2O)cc1. The molecule has 9 N–H and O–H groups in total. The number of rotatable bonds is 15. The van der Waals surface area contributed by atoms with Gasteiger partial charge in [0, 0.05) is 6.07 Å². The highest BCUT2D eigenvalue weighted by molar-refractivity contribution is 7.69. The van der Waals surface area contributed by atoms with Crippen molar-refractivity contribution in [3.63, 3.8) is 0 Å². The minimum atomic E-state index is -6.17. The topological polar surface area (TPSA) is 367 Å². The Bertz CT molecular complexity index is 1770. The molecule has 29 heteroatoms. The van der Waals surface area contributed by atoms with E-state index in [2.05, 4.69) is 17.5 Å². The number of phosphoric acid groups is 4. The lowest BCUT2D eigenvalue weighted by Crippen LogP contribution is -2.45. The van der Waals surface area contributed by atoms with Crippen molar-refractivity contribution in [1.82, 2.24) is 9.55 Å². The monoisotopic (exact) mass is 764 g/mol. The smallest absolute Gasteiger partial charge is 0.490 e. The summed E-state index contributed by atoms with van der Waals surface area (Å²) in [6.45, 7) is 0.674. The lowest BCUT2D eigenvalue weighted by molar-refractivity contribution is -0.0528. The molecule has 0 saturated carbocycles. The van der Waals surface area contributed by atoms with Gasteiger partial charge in [-0.1, -0.05) is 0 Å². The Morgan fingerprint density at radius 1 is 0.826 bits per heavy atom. The molecule has 1 saturated heterocycles. The Morgan fingerprint density at radius 3 is 1.93 bits per heavy atom. The van der Waals surface area contributed by atoms with Gasteiger partial charge in [0.25, 0.3) is 5.56 Å². The molecule has 24 nitrogen and oxygen atoms in total. The molecule has 3 rings (SSSR count). The second-order valence-corrected chi connectivity index (χ2v) is 16.4. The summed E-state index contributed by atoms with van der Waals surface area (Å²) in [6, 6.07) is 5.64. The highest BCUT2D eigenvalue weighted by Gasteiger charge is 2.49. The molecular formula is C17H25N2O22P5. The third kappa shape index (κ3) is 10.6. The van der Waals surface area contributed by atoms with Crippen LogP contribution in [0.1, 0.15) is 13.2 Å². The number of hydrogen-bond acceptors (Lipinski definition) is 16. The molecule has 2 heterocycles. The first-order valence-electron chi connectivity index (χ1n) is 11.9. The molecule has 4 unspecified atom stereocenters. The molecule has 0 aliphatic carbocycles. The normalized spacial score (nSPS) is 25.5. The van der Waals surface area contributed by atoms with Crippen molar-refractivity contribution in [1.29, 1.82) is 0 Å². The summed E-state index contributed by atoms with van der Waals surface area (Å²) in [6.07, 6.45) is -8.41. The first kappa shape index (κ1) is 38.6. The zero-order chi connectivity index (χ0) is 34.9. The maximum atomic E-state index is 13.2. The summed E-state index contributed by atoms with van der Waals surface area (Å²) >= 11 is 0. The Hall–Kier alpha value is -1.87. The van der Waals surface area contributed by atoms with Crippen molar-refractivity contribution in [2.75, 3.05) is 13.2 Å². The number of aromatic amines is 1. The molecule has 260 valence electrons. The number of ether oxygens (including phenoxy) is 2. The van der Waals surface area contributed by atoms with Gasteiger partial charge in [0.2, 0.25) is 0 Å². The average molecular weight is 764 g/mol. The third-order valence-corrected chi connectivity index (χ3v) is 12.1. The van der Waals surface area contributed by atoms with Gasteiger partial charge in [-0.3, -0.25) is 18.9 Å². The van der Waals surface area contributed by atoms with Crippen molar-refractivity contribution >= 4 is 44.3 Å². The van der Waals surface area contributed by atoms with Crippen molar-refractivity contribution in [3.05, 3.63) is 51.2 Å². The summed E-state index contributed by atoms with van der Waals surface area (Å²) < 4.78 is 89.9. The van der Waals surface area contributed by atoms with Crippen LogP contribution in [0.15, 0.2) is 39.9 Å². The second kappa shape index (κ2) is 14.3. The van der Waals surface area contributed by atoms with Crippen molar-refractivity contribution in [2.24, 2.45) is 0 Å². The molecule has 0 radical (unpaired) electrons. The molecule has 0 spiro atoms. The minimum absolute atomic E-state index is 0.231. The van der Waals surface area contributed by atoms with E-state index in [1.165, 1.54) is 24.3 Å². The van der Waals surface area contributed by atoms with E-state index in [1.54, 1.807) is 11.9 Å². The van der Waals surface area contributed by atoms with E-state index in [1.807, 2.05) is 0 Å². The van der Waals surface area contributed by atoms with Crippen LogP contribution in [-0.2, 0) is 45.0 Å². The zero-order valence-electron chi connectivity index (χ0n) is 22.6. The van der Waals surface area contributed by atoms with Crippen LogP contribution in [0.3, 0.4) is 0 Å². The van der Waals surface area contributed by atoms with Crippen LogP contribution < -0.4 is 25.9 Å². The molecule has 1 aromatic carbocycles. The molecule has 1 fully saturated rings. The number of hydrogen-bond donors (Lipinski definition) is 9. The van der Waals surface area contributed by atoms with Crippen LogP contribution in [0.4, 0.5) is 0 Å². The number of aromatic nitrogens is 2. The predicted octanol–water partition coefficient (Wildman–Crippen LogP) is -1.10. The Labute approximate surface area is 255 Å². The van der Waals surface area contributed by atoms with Gasteiger partial charge in [-0.05, 0) is 31.2 Å². The summed E-state index contributed by atoms with van der Waals surface area (Å²) in [4.78, 5) is 82.5. The van der Waals surface area contributed by atoms with E-state index in [9.17, 15) is 57.3 Å². The van der Waals surface area contributed by atoms with Gasteiger partial charge in [0.1, 0.15) is 29.8 Å². The lowest BCUT2D eigenvalue weighted by Gasteiger charge is -2.23. The van der Waals surface area contributed by atoms with Crippen molar-refractivity contribution < 1.29 is 93.9 Å². The Kier molecular flexibility index (Phi) is 12.0. The van der Waals surface area contributed by atoms with Crippen LogP contribution in [0.2, 0.25) is 0 Å². The molecule has 8 atom stereocenters. The Balaban J connectivity index is 1.80. The highest BCUT2D eigenvalue weighted by Crippen LogP contribution is 2.70.